The zero-order valence-electron chi connectivity index (χ0n) is 11.5. The minimum absolute atomic E-state index is 0.0193. The number of methoxy groups -OCH3 is 1. The summed E-state index contributed by atoms with van der Waals surface area (Å²) in [5, 5.41) is 5.59. The molecule has 2 N–H and O–H groups in total. The van der Waals surface area contributed by atoms with E-state index in [0.29, 0.717) is 6.42 Å². The number of anilines is 1. The van der Waals surface area contributed by atoms with Gasteiger partial charge in [0, 0.05) is 19.2 Å². The van der Waals surface area contributed by atoms with E-state index in [1.807, 2.05) is 31.2 Å². The van der Waals surface area contributed by atoms with Crippen molar-refractivity contribution < 1.29 is 14.3 Å². The average Bonchev–Trinajstić information content (AvgIpc) is 2.39. The van der Waals surface area contributed by atoms with Crippen molar-refractivity contribution in [2.75, 3.05) is 19.0 Å². The molecule has 0 bridgehead atoms. The van der Waals surface area contributed by atoms with Crippen LogP contribution in [0.3, 0.4) is 0 Å². The van der Waals surface area contributed by atoms with Crippen molar-refractivity contribution in [1.29, 1.82) is 0 Å². The lowest BCUT2D eigenvalue weighted by molar-refractivity contribution is -0.125. The monoisotopic (exact) mass is 264 g/mol. The van der Waals surface area contributed by atoms with Crippen molar-refractivity contribution in [1.82, 2.24) is 5.32 Å². The highest BCUT2D eigenvalue weighted by Gasteiger charge is 2.09. The van der Waals surface area contributed by atoms with Gasteiger partial charge in [0.05, 0.1) is 6.04 Å². The Morgan fingerprint density at radius 3 is 2.37 bits per heavy atom. The second-order valence-corrected chi connectivity index (χ2v) is 4.25. The number of nitrogens with one attached hydrogen (secondary N) is 2. The van der Waals surface area contributed by atoms with Crippen LogP contribution in [0.4, 0.5) is 5.69 Å². The number of hydrogen-bond donors (Lipinski definition) is 2. The van der Waals surface area contributed by atoms with Crippen LogP contribution in [0.1, 0.15) is 31.9 Å². The maximum absolute atomic E-state index is 11.4. The molecule has 0 heterocycles. The fraction of sp³-hybridized carbons (Fsp3) is 0.429. The van der Waals surface area contributed by atoms with Crippen molar-refractivity contribution in [3.05, 3.63) is 29.8 Å². The predicted molar refractivity (Wildman–Crippen MR) is 73.8 cm³/mol. The Morgan fingerprint density at radius 1 is 1.21 bits per heavy atom. The molecule has 0 saturated carbocycles. The van der Waals surface area contributed by atoms with Crippen molar-refractivity contribution >= 4 is 17.5 Å². The van der Waals surface area contributed by atoms with Gasteiger partial charge in [0.25, 0.3) is 0 Å². The van der Waals surface area contributed by atoms with Crippen LogP contribution in [-0.4, -0.2) is 25.5 Å². The van der Waals surface area contributed by atoms with Gasteiger partial charge in [0.15, 0.2) is 0 Å². The van der Waals surface area contributed by atoms with Crippen molar-refractivity contribution in [2.24, 2.45) is 0 Å². The van der Waals surface area contributed by atoms with E-state index in [1.54, 1.807) is 6.92 Å². The first-order valence-electron chi connectivity index (χ1n) is 6.25. The Hall–Kier alpha value is -1.88. The molecule has 0 aliphatic rings. The summed E-state index contributed by atoms with van der Waals surface area (Å²) in [6, 6.07) is 7.30. The minimum atomic E-state index is -0.154. The molecule has 1 aromatic carbocycles. The molecular weight excluding hydrogens is 244 g/mol. The molecule has 0 radical (unpaired) electrons. The second kappa shape index (κ2) is 7.53. The quantitative estimate of drug-likeness (QED) is 0.824. The van der Waals surface area contributed by atoms with Gasteiger partial charge in [-0.3, -0.25) is 9.59 Å². The maximum Gasteiger partial charge on any atom is 0.246 e. The summed E-state index contributed by atoms with van der Waals surface area (Å²) in [5.41, 5.74) is 1.73. The molecule has 0 spiro atoms. The molecule has 2 amide bonds. The molecule has 0 aromatic heterocycles. The number of hydrogen-bond acceptors (Lipinski definition) is 3. The van der Waals surface area contributed by atoms with Crippen LogP contribution in [-0.2, 0) is 14.3 Å². The molecule has 19 heavy (non-hydrogen) atoms. The SMILES string of the molecule is CCC(=O)Nc1ccc([C@H](C)NC(=O)COC)cc1. The first-order valence-corrected chi connectivity index (χ1v) is 6.25. The summed E-state index contributed by atoms with van der Waals surface area (Å²) in [6.45, 7) is 3.75. The van der Waals surface area contributed by atoms with Crippen molar-refractivity contribution in [3.8, 4) is 0 Å². The molecule has 1 rings (SSSR count). The van der Waals surface area contributed by atoms with Crippen LogP contribution in [0.5, 0.6) is 0 Å². The number of rotatable bonds is 6. The molecule has 0 aliphatic carbocycles. The third kappa shape index (κ3) is 5.09. The normalized spacial score (nSPS) is 11.7. The van der Waals surface area contributed by atoms with Crippen LogP contribution in [0.15, 0.2) is 24.3 Å². The van der Waals surface area contributed by atoms with E-state index in [1.165, 1.54) is 7.11 Å². The highest BCUT2D eigenvalue weighted by Crippen LogP contribution is 2.16. The molecule has 0 unspecified atom stereocenters. The van der Waals surface area contributed by atoms with Gasteiger partial charge >= 0.3 is 0 Å². The smallest absolute Gasteiger partial charge is 0.246 e. The fourth-order valence-electron chi connectivity index (χ4n) is 1.60. The zero-order chi connectivity index (χ0) is 14.3. The summed E-state index contributed by atoms with van der Waals surface area (Å²) in [6.07, 6.45) is 0.450. The molecule has 1 aromatic rings. The molecule has 0 saturated heterocycles. The number of amides is 2. The Labute approximate surface area is 113 Å². The van der Waals surface area contributed by atoms with Gasteiger partial charge in [-0.25, -0.2) is 0 Å². The Kier molecular flexibility index (Phi) is 6.02. The summed E-state index contributed by atoms with van der Waals surface area (Å²) >= 11 is 0. The number of ether oxygens (including phenoxy) is 1. The number of carbonyl (C=O) groups excluding carboxylic acids is 2. The third-order valence-corrected chi connectivity index (χ3v) is 2.67. The molecule has 0 fully saturated rings. The van der Waals surface area contributed by atoms with E-state index >= 15 is 0 Å². The van der Waals surface area contributed by atoms with Gasteiger partial charge in [-0.05, 0) is 24.6 Å². The van der Waals surface area contributed by atoms with E-state index in [0.717, 1.165) is 11.3 Å². The van der Waals surface area contributed by atoms with Gasteiger partial charge < -0.3 is 15.4 Å². The summed E-state index contributed by atoms with van der Waals surface area (Å²) in [4.78, 5) is 22.6. The van der Waals surface area contributed by atoms with Gasteiger partial charge in [-0.15, -0.1) is 0 Å². The first-order chi connectivity index (χ1) is 9.06. The molecular formula is C14H20N2O3. The lowest BCUT2D eigenvalue weighted by atomic mass is 10.1. The highest BCUT2D eigenvalue weighted by atomic mass is 16.5. The maximum atomic E-state index is 11.4. The van der Waals surface area contributed by atoms with Gasteiger partial charge in [-0.1, -0.05) is 19.1 Å². The molecule has 5 heteroatoms. The van der Waals surface area contributed by atoms with E-state index < -0.39 is 0 Å². The highest BCUT2D eigenvalue weighted by molar-refractivity contribution is 5.90. The summed E-state index contributed by atoms with van der Waals surface area (Å²) < 4.78 is 4.76. The van der Waals surface area contributed by atoms with Crippen LogP contribution >= 0.6 is 0 Å². The van der Waals surface area contributed by atoms with Crippen molar-refractivity contribution in [3.63, 3.8) is 0 Å². The Morgan fingerprint density at radius 2 is 1.84 bits per heavy atom. The van der Waals surface area contributed by atoms with Crippen LogP contribution in [0, 0.1) is 0 Å². The predicted octanol–water partition coefficient (Wildman–Crippen LogP) is 1.86. The average molecular weight is 264 g/mol. The van der Waals surface area contributed by atoms with E-state index in [2.05, 4.69) is 10.6 Å². The first kappa shape index (κ1) is 15.2. The van der Waals surface area contributed by atoms with Gasteiger partial charge in [-0.2, -0.15) is 0 Å². The molecule has 5 nitrogen and oxygen atoms in total. The standard InChI is InChI=1S/C14H20N2O3/c1-4-13(17)16-12-7-5-11(6-8-12)10(2)15-14(18)9-19-3/h5-8,10H,4,9H2,1-3H3,(H,15,18)(H,16,17)/t10-/m0/s1. The van der Waals surface area contributed by atoms with Crippen LogP contribution in [0.2, 0.25) is 0 Å². The largest absolute Gasteiger partial charge is 0.375 e. The molecule has 104 valence electrons. The van der Waals surface area contributed by atoms with E-state index in [-0.39, 0.29) is 24.5 Å². The van der Waals surface area contributed by atoms with E-state index in [4.69, 9.17) is 4.74 Å². The number of carbonyl (C=O) groups is 2. The fourth-order valence-corrected chi connectivity index (χ4v) is 1.60. The van der Waals surface area contributed by atoms with E-state index in [9.17, 15) is 9.59 Å². The van der Waals surface area contributed by atoms with Gasteiger partial charge in [0.1, 0.15) is 6.61 Å². The number of benzene rings is 1. The van der Waals surface area contributed by atoms with Gasteiger partial charge in [0.2, 0.25) is 11.8 Å². The van der Waals surface area contributed by atoms with Crippen LogP contribution in [0.25, 0.3) is 0 Å². The third-order valence-electron chi connectivity index (χ3n) is 2.67. The molecule has 0 aliphatic heterocycles. The Balaban J connectivity index is 2.60. The van der Waals surface area contributed by atoms with Crippen molar-refractivity contribution in [2.45, 2.75) is 26.3 Å². The zero-order valence-corrected chi connectivity index (χ0v) is 11.5. The summed E-state index contributed by atoms with van der Waals surface area (Å²) in [7, 11) is 1.48. The lowest BCUT2D eigenvalue weighted by Crippen LogP contribution is -2.29. The lowest BCUT2D eigenvalue weighted by Gasteiger charge is -2.14. The minimum Gasteiger partial charge on any atom is -0.375 e. The molecule has 1 atom stereocenters. The van der Waals surface area contributed by atoms with Crippen LogP contribution < -0.4 is 10.6 Å². The topological polar surface area (TPSA) is 67.4 Å². The second-order valence-electron chi connectivity index (χ2n) is 4.25. The summed E-state index contributed by atoms with van der Waals surface area (Å²) in [5.74, 6) is -0.174. The Bertz CT molecular complexity index is 429.